The zero-order valence-corrected chi connectivity index (χ0v) is 14.2. The summed E-state index contributed by atoms with van der Waals surface area (Å²) in [6.45, 7) is 3.42. The molecule has 0 unspecified atom stereocenters. The van der Waals surface area contributed by atoms with Crippen molar-refractivity contribution < 1.29 is 14.3 Å². The van der Waals surface area contributed by atoms with Gasteiger partial charge in [0.1, 0.15) is 0 Å². The van der Waals surface area contributed by atoms with Crippen LogP contribution in [0.25, 0.3) is 0 Å². The van der Waals surface area contributed by atoms with E-state index in [9.17, 15) is 9.59 Å². The largest absolute Gasteiger partial charge is 0.372 e. The second-order valence-corrected chi connectivity index (χ2v) is 6.63. The average Bonchev–Trinajstić information content (AvgIpc) is 3.04. The lowest BCUT2D eigenvalue weighted by atomic mass is 10.1. The lowest BCUT2D eigenvalue weighted by Crippen LogP contribution is -2.44. The quantitative estimate of drug-likeness (QED) is 0.803. The van der Waals surface area contributed by atoms with Crippen LogP contribution in [0.4, 0.5) is 0 Å². The molecule has 130 valence electrons. The molecule has 1 atom stereocenters. The number of hydrogen-bond acceptors (Lipinski definition) is 3. The van der Waals surface area contributed by atoms with Gasteiger partial charge in [0.15, 0.2) is 0 Å². The highest BCUT2D eigenvalue weighted by Gasteiger charge is 2.26. The van der Waals surface area contributed by atoms with Gasteiger partial charge >= 0.3 is 0 Å². The van der Waals surface area contributed by atoms with E-state index < -0.39 is 0 Å². The van der Waals surface area contributed by atoms with Crippen LogP contribution in [0.1, 0.15) is 37.7 Å². The van der Waals surface area contributed by atoms with Crippen molar-refractivity contribution in [3.63, 3.8) is 0 Å². The number of carbonyl (C=O) groups excluding carboxylic acids is 2. The fourth-order valence-corrected chi connectivity index (χ4v) is 3.42. The summed E-state index contributed by atoms with van der Waals surface area (Å²) in [5.41, 5.74) is 1.16. The maximum atomic E-state index is 12.4. The van der Waals surface area contributed by atoms with Gasteiger partial charge in [0, 0.05) is 39.0 Å². The van der Waals surface area contributed by atoms with E-state index in [2.05, 4.69) is 12.1 Å². The number of benzene rings is 1. The van der Waals surface area contributed by atoms with Gasteiger partial charge in [0.05, 0.1) is 12.7 Å². The number of nitrogens with zero attached hydrogens (tertiary/aromatic N) is 2. The molecular formula is C19H26N2O3. The molecule has 0 bridgehead atoms. The lowest BCUT2D eigenvalue weighted by molar-refractivity contribution is -0.136. The zero-order valence-electron chi connectivity index (χ0n) is 14.2. The van der Waals surface area contributed by atoms with E-state index in [0.717, 1.165) is 37.9 Å². The monoisotopic (exact) mass is 330 g/mol. The van der Waals surface area contributed by atoms with Gasteiger partial charge in [-0.2, -0.15) is 0 Å². The normalized spacial score (nSPS) is 21.3. The van der Waals surface area contributed by atoms with Crippen LogP contribution in [-0.2, 0) is 20.9 Å². The Kier molecular flexibility index (Phi) is 5.86. The SMILES string of the molecule is O=C1CCCN1CCC(=O)N1CCC[C@@H](OCc2ccccc2)C1. The molecule has 0 spiro atoms. The number of ether oxygens (including phenoxy) is 1. The second-order valence-electron chi connectivity index (χ2n) is 6.63. The summed E-state index contributed by atoms with van der Waals surface area (Å²) in [5.74, 6) is 0.327. The highest BCUT2D eigenvalue weighted by Crippen LogP contribution is 2.17. The molecular weight excluding hydrogens is 304 g/mol. The zero-order chi connectivity index (χ0) is 16.8. The molecule has 3 rings (SSSR count). The molecule has 0 saturated carbocycles. The first-order chi connectivity index (χ1) is 11.7. The van der Waals surface area contributed by atoms with E-state index in [4.69, 9.17) is 4.74 Å². The van der Waals surface area contributed by atoms with Crippen molar-refractivity contribution in [1.29, 1.82) is 0 Å². The predicted molar refractivity (Wildman–Crippen MR) is 91.3 cm³/mol. The molecule has 2 amide bonds. The number of amides is 2. The molecule has 2 heterocycles. The van der Waals surface area contributed by atoms with E-state index in [1.165, 1.54) is 0 Å². The Morgan fingerprint density at radius 3 is 2.75 bits per heavy atom. The molecule has 2 saturated heterocycles. The van der Waals surface area contributed by atoms with E-state index in [1.807, 2.05) is 28.0 Å². The van der Waals surface area contributed by atoms with Crippen LogP contribution in [0.5, 0.6) is 0 Å². The van der Waals surface area contributed by atoms with Crippen molar-refractivity contribution >= 4 is 11.8 Å². The Balaban J connectivity index is 1.42. The summed E-state index contributed by atoms with van der Waals surface area (Å²) in [6.07, 6.45) is 4.07. The molecule has 2 fully saturated rings. The molecule has 2 aliphatic heterocycles. The first-order valence-corrected chi connectivity index (χ1v) is 8.93. The van der Waals surface area contributed by atoms with Crippen LogP contribution in [-0.4, -0.2) is 53.9 Å². The van der Waals surface area contributed by atoms with Gasteiger partial charge in [-0.15, -0.1) is 0 Å². The number of hydrogen-bond donors (Lipinski definition) is 0. The van der Waals surface area contributed by atoms with Crippen molar-refractivity contribution in [3.8, 4) is 0 Å². The van der Waals surface area contributed by atoms with Gasteiger partial charge in [-0.3, -0.25) is 9.59 Å². The highest BCUT2D eigenvalue weighted by molar-refractivity contribution is 5.80. The van der Waals surface area contributed by atoms with Crippen LogP contribution in [0.2, 0.25) is 0 Å². The van der Waals surface area contributed by atoms with Gasteiger partial charge in [0.25, 0.3) is 0 Å². The summed E-state index contributed by atoms with van der Waals surface area (Å²) in [4.78, 5) is 27.7. The predicted octanol–water partition coefficient (Wildman–Crippen LogP) is 2.21. The minimum Gasteiger partial charge on any atom is -0.372 e. The van der Waals surface area contributed by atoms with Crippen molar-refractivity contribution in [3.05, 3.63) is 35.9 Å². The Bertz CT molecular complexity index is 561. The molecule has 5 heteroatoms. The van der Waals surface area contributed by atoms with Crippen LogP contribution in [0, 0.1) is 0 Å². The smallest absolute Gasteiger partial charge is 0.224 e. The molecule has 0 aromatic heterocycles. The molecule has 1 aromatic rings. The number of piperidine rings is 1. The van der Waals surface area contributed by atoms with E-state index in [1.54, 1.807) is 0 Å². The van der Waals surface area contributed by atoms with Crippen LogP contribution >= 0.6 is 0 Å². The molecule has 0 aliphatic carbocycles. The lowest BCUT2D eigenvalue weighted by Gasteiger charge is -2.33. The highest BCUT2D eigenvalue weighted by atomic mass is 16.5. The van der Waals surface area contributed by atoms with E-state index in [-0.39, 0.29) is 17.9 Å². The first kappa shape index (κ1) is 17.0. The molecule has 24 heavy (non-hydrogen) atoms. The van der Waals surface area contributed by atoms with Gasteiger partial charge in [-0.25, -0.2) is 0 Å². The number of rotatable bonds is 6. The third-order valence-corrected chi connectivity index (χ3v) is 4.83. The van der Waals surface area contributed by atoms with Crippen molar-refractivity contribution in [2.45, 2.75) is 44.8 Å². The van der Waals surface area contributed by atoms with Crippen LogP contribution in [0.3, 0.4) is 0 Å². The van der Waals surface area contributed by atoms with E-state index in [0.29, 0.717) is 32.5 Å². The minimum atomic E-state index is 0.108. The Hall–Kier alpha value is -1.88. The van der Waals surface area contributed by atoms with Gasteiger partial charge < -0.3 is 14.5 Å². The van der Waals surface area contributed by atoms with Gasteiger partial charge in [-0.1, -0.05) is 30.3 Å². The van der Waals surface area contributed by atoms with Crippen molar-refractivity contribution in [2.75, 3.05) is 26.2 Å². The van der Waals surface area contributed by atoms with Gasteiger partial charge in [0.2, 0.25) is 11.8 Å². The summed E-state index contributed by atoms with van der Waals surface area (Å²) < 4.78 is 5.99. The Labute approximate surface area is 143 Å². The maximum absolute atomic E-state index is 12.4. The molecule has 0 radical (unpaired) electrons. The molecule has 2 aliphatic rings. The fourth-order valence-electron chi connectivity index (χ4n) is 3.42. The second kappa shape index (κ2) is 8.29. The summed E-state index contributed by atoms with van der Waals surface area (Å²) in [6, 6.07) is 10.1. The molecule has 0 N–H and O–H groups in total. The van der Waals surface area contributed by atoms with Gasteiger partial charge in [-0.05, 0) is 24.8 Å². The fraction of sp³-hybridized carbons (Fsp3) is 0.579. The topological polar surface area (TPSA) is 49.9 Å². The number of likely N-dealkylation sites (tertiary alicyclic amines) is 2. The maximum Gasteiger partial charge on any atom is 0.224 e. The summed E-state index contributed by atoms with van der Waals surface area (Å²) >= 11 is 0. The summed E-state index contributed by atoms with van der Waals surface area (Å²) in [7, 11) is 0. The number of carbonyl (C=O) groups is 2. The molecule has 1 aromatic carbocycles. The standard InChI is InChI=1S/C19H26N2O3/c22-18-9-5-11-20(18)13-10-19(23)21-12-4-8-17(14-21)24-15-16-6-2-1-3-7-16/h1-3,6-7,17H,4-5,8-15H2/t17-/m1/s1. The third kappa shape index (κ3) is 4.57. The first-order valence-electron chi connectivity index (χ1n) is 8.93. The van der Waals surface area contributed by atoms with Crippen molar-refractivity contribution in [2.24, 2.45) is 0 Å². The molecule has 5 nitrogen and oxygen atoms in total. The Morgan fingerprint density at radius 2 is 2.00 bits per heavy atom. The Morgan fingerprint density at radius 1 is 1.17 bits per heavy atom. The minimum absolute atomic E-state index is 0.108. The van der Waals surface area contributed by atoms with E-state index >= 15 is 0 Å². The van der Waals surface area contributed by atoms with Crippen molar-refractivity contribution in [1.82, 2.24) is 9.80 Å². The van der Waals surface area contributed by atoms with Crippen LogP contribution < -0.4 is 0 Å². The van der Waals surface area contributed by atoms with Crippen LogP contribution in [0.15, 0.2) is 30.3 Å². The summed E-state index contributed by atoms with van der Waals surface area (Å²) in [5, 5.41) is 0. The third-order valence-electron chi connectivity index (χ3n) is 4.83. The average molecular weight is 330 g/mol.